The molecular formula is C24H30ClF3N4O5S. The van der Waals surface area contributed by atoms with Gasteiger partial charge in [-0.3, -0.25) is 4.57 Å². The Morgan fingerprint density at radius 3 is 2.58 bits per heavy atom. The number of aromatic nitrogens is 2. The molecule has 4 rings (SSSR count). The Balaban J connectivity index is 1.81. The van der Waals surface area contributed by atoms with Crippen LogP contribution < -0.4 is 10.6 Å². The van der Waals surface area contributed by atoms with Crippen molar-refractivity contribution in [1.29, 1.82) is 0 Å². The van der Waals surface area contributed by atoms with Crippen LogP contribution in [-0.4, -0.2) is 78.1 Å². The van der Waals surface area contributed by atoms with E-state index in [1.165, 1.54) is 11.7 Å². The maximum absolute atomic E-state index is 14.0. The number of alkyl halides is 3. The van der Waals surface area contributed by atoms with E-state index in [4.69, 9.17) is 25.8 Å². The van der Waals surface area contributed by atoms with Gasteiger partial charge in [-0.05, 0) is 33.8 Å². The maximum atomic E-state index is 14.0. The third-order valence-electron chi connectivity index (χ3n) is 6.24. The summed E-state index contributed by atoms with van der Waals surface area (Å²) in [4.78, 5) is 33.7. The molecule has 0 bridgehead atoms. The number of carbonyl (C=O) groups excluding carboxylic acids is 1. The molecule has 1 fully saturated rings. The third kappa shape index (κ3) is 5.70. The van der Waals surface area contributed by atoms with Crippen LogP contribution in [0.3, 0.4) is 0 Å². The lowest BCUT2D eigenvalue weighted by molar-refractivity contribution is -0.137. The predicted molar refractivity (Wildman–Crippen MR) is 138 cm³/mol. The Kier molecular flexibility index (Phi) is 8.14. The standard InChI is InChI=1S/C24H30ClF3N4O5S/c1-13-9-30(22(34)37-23(2,3)4)6-7-31(13)20-15-8-16(24(26,27)28)17(25)19-18(15)32(21(33)29-20)14(11-38-19)10-36-12-35-5/h8,13-14H,6-7,9-12H2,1-5H3/t13-,14-/m0/s1. The largest absolute Gasteiger partial charge is 0.444 e. The lowest BCUT2D eigenvalue weighted by atomic mass is 10.1. The molecule has 1 aromatic carbocycles. The average Bonchev–Trinajstić information content (AvgIpc) is 2.81. The van der Waals surface area contributed by atoms with Gasteiger partial charge in [0.15, 0.2) is 0 Å². The Bertz CT molecular complexity index is 1280. The Hall–Kier alpha value is -2.22. The van der Waals surface area contributed by atoms with Crippen molar-refractivity contribution in [3.05, 3.63) is 27.1 Å². The molecule has 9 nitrogen and oxygen atoms in total. The van der Waals surface area contributed by atoms with Crippen LogP contribution in [0.25, 0.3) is 10.9 Å². The number of nitrogens with zero attached hydrogens (tertiary/aromatic N) is 4. The van der Waals surface area contributed by atoms with E-state index in [0.29, 0.717) is 5.52 Å². The highest BCUT2D eigenvalue weighted by Crippen LogP contribution is 2.48. The second-order valence-corrected chi connectivity index (χ2v) is 11.7. The van der Waals surface area contributed by atoms with Crippen molar-refractivity contribution < 1.29 is 32.2 Å². The molecule has 2 aliphatic heterocycles. The first-order chi connectivity index (χ1) is 17.7. The fourth-order valence-corrected chi connectivity index (χ4v) is 6.24. The van der Waals surface area contributed by atoms with Crippen molar-refractivity contribution in [2.24, 2.45) is 0 Å². The highest BCUT2D eigenvalue weighted by atomic mass is 35.5. The third-order valence-corrected chi connectivity index (χ3v) is 7.98. The van der Waals surface area contributed by atoms with E-state index in [-0.39, 0.29) is 60.9 Å². The maximum Gasteiger partial charge on any atom is 0.417 e. The van der Waals surface area contributed by atoms with Gasteiger partial charge in [0, 0.05) is 43.9 Å². The molecule has 2 aliphatic rings. The molecule has 38 heavy (non-hydrogen) atoms. The number of amides is 1. The van der Waals surface area contributed by atoms with Gasteiger partial charge in [0.1, 0.15) is 18.2 Å². The molecule has 0 aliphatic carbocycles. The van der Waals surface area contributed by atoms with Gasteiger partial charge >= 0.3 is 18.0 Å². The Morgan fingerprint density at radius 1 is 1.26 bits per heavy atom. The number of halogens is 4. The number of ether oxygens (including phenoxy) is 3. The van der Waals surface area contributed by atoms with Gasteiger partial charge in [-0.1, -0.05) is 11.6 Å². The van der Waals surface area contributed by atoms with E-state index >= 15 is 0 Å². The molecule has 2 aromatic rings. The number of hydrogen-bond donors (Lipinski definition) is 0. The van der Waals surface area contributed by atoms with Gasteiger partial charge in [0.05, 0.1) is 33.6 Å². The number of carbonyl (C=O) groups is 1. The van der Waals surface area contributed by atoms with E-state index in [2.05, 4.69) is 4.98 Å². The summed E-state index contributed by atoms with van der Waals surface area (Å²) in [6.45, 7) is 7.99. The quantitative estimate of drug-likeness (QED) is 0.370. The molecule has 0 spiro atoms. The van der Waals surface area contributed by atoms with Crippen LogP contribution in [0.1, 0.15) is 39.3 Å². The van der Waals surface area contributed by atoms with Crippen molar-refractivity contribution in [3.8, 4) is 0 Å². The molecule has 210 valence electrons. The first kappa shape index (κ1) is 28.8. The van der Waals surface area contributed by atoms with Crippen LogP contribution in [0.15, 0.2) is 15.8 Å². The van der Waals surface area contributed by atoms with Crippen LogP contribution in [0.5, 0.6) is 0 Å². The van der Waals surface area contributed by atoms with Crippen molar-refractivity contribution in [2.45, 2.75) is 56.5 Å². The minimum Gasteiger partial charge on any atom is -0.444 e. The van der Waals surface area contributed by atoms with Crippen LogP contribution in [0.4, 0.5) is 23.8 Å². The minimum absolute atomic E-state index is 0.00460. The SMILES string of the molecule is COCOC[C@H]1CSc2c(Cl)c(C(F)(F)F)cc3c(N4CCN(C(=O)OC(C)(C)C)C[C@@H]4C)nc(=O)n1c23. The summed E-state index contributed by atoms with van der Waals surface area (Å²) in [5.41, 5.74) is -1.98. The molecule has 0 radical (unpaired) electrons. The number of anilines is 1. The smallest absolute Gasteiger partial charge is 0.417 e. The fourth-order valence-electron chi connectivity index (χ4n) is 4.64. The average molecular weight is 579 g/mol. The van der Waals surface area contributed by atoms with Gasteiger partial charge < -0.3 is 24.0 Å². The number of thioether (sulfide) groups is 1. The number of rotatable bonds is 5. The molecule has 3 heterocycles. The first-order valence-corrected chi connectivity index (χ1v) is 13.4. The van der Waals surface area contributed by atoms with E-state index in [1.807, 2.05) is 6.92 Å². The Labute approximate surface area is 227 Å². The molecule has 2 atom stereocenters. The van der Waals surface area contributed by atoms with Gasteiger partial charge in [-0.15, -0.1) is 11.8 Å². The van der Waals surface area contributed by atoms with E-state index in [0.717, 1.165) is 17.8 Å². The predicted octanol–water partition coefficient (Wildman–Crippen LogP) is 4.78. The molecule has 1 aromatic heterocycles. The minimum atomic E-state index is -4.71. The van der Waals surface area contributed by atoms with Crippen molar-refractivity contribution in [2.75, 3.05) is 50.8 Å². The Morgan fingerprint density at radius 2 is 1.97 bits per heavy atom. The molecule has 0 unspecified atom stereocenters. The fraction of sp³-hybridized carbons (Fsp3) is 0.625. The highest BCUT2D eigenvalue weighted by Gasteiger charge is 2.39. The summed E-state index contributed by atoms with van der Waals surface area (Å²) in [7, 11) is 1.47. The summed E-state index contributed by atoms with van der Waals surface area (Å²) >= 11 is 7.43. The zero-order valence-electron chi connectivity index (χ0n) is 21.7. The number of hydrogen-bond acceptors (Lipinski definition) is 8. The number of piperazine rings is 1. The summed E-state index contributed by atoms with van der Waals surface area (Å²) in [5, 5.41) is -0.280. The summed E-state index contributed by atoms with van der Waals surface area (Å²) < 4.78 is 59.3. The van der Waals surface area contributed by atoms with Gasteiger partial charge in [-0.25, -0.2) is 9.59 Å². The van der Waals surface area contributed by atoms with Crippen LogP contribution in [0, 0.1) is 0 Å². The monoisotopic (exact) mass is 578 g/mol. The molecule has 1 amide bonds. The molecule has 0 saturated carbocycles. The van der Waals surface area contributed by atoms with E-state index in [1.54, 1.807) is 30.6 Å². The number of methoxy groups -OCH3 is 1. The highest BCUT2D eigenvalue weighted by molar-refractivity contribution is 7.99. The van der Waals surface area contributed by atoms with Crippen molar-refractivity contribution in [1.82, 2.24) is 14.5 Å². The van der Waals surface area contributed by atoms with Crippen LogP contribution in [0.2, 0.25) is 5.02 Å². The summed E-state index contributed by atoms with van der Waals surface area (Å²) in [5.74, 6) is 0.402. The van der Waals surface area contributed by atoms with Gasteiger partial charge in [0.2, 0.25) is 0 Å². The topological polar surface area (TPSA) is 86.1 Å². The molecule has 14 heteroatoms. The zero-order valence-corrected chi connectivity index (χ0v) is 23.3. The normalized spacial score (nSPS) is 20.2. The molecule has 1 saturated heterocycles. The van der Waals surface area contributed by atoms with Crippen molar-refractivity contribution in [3.63, 3.8) is 0 Å². The summed E-state index contributed by atoms with van der Waals surface area (Å²) in [6, 6.07) is 0.131. The lowest BCUT2D eigenvalue weighted by Gasteiger charge is -2.41. The second-order valence-electron chi connectivity index (χ2n) is 10.3. The van der Waals surface area contributed by atoms with Gasteiger partial charge in [0.25, 0.3) is 0 Å². The van der Waals surface area contributed by atoms with Crippen LogP contribution >= 0.6 is 23.4 Å². The van der Waals surface area contributed by atoms with Crippen molar-refractivity contribution >= 4 is 46.2 Å². The molecule has 0 N–H and O–H groups in total. The second kappa shape index (κ2) is 10.7. The summed E-state index contributed by atoms with van der Waals surface area (Å²) in [6.07, 6.45) is -5.18. The van der Waals surface area contributed by atoms with E-state index in [9.17, 15) is 22.8 Å². The number of benzene rings is 1. The van der Waals surface area contributed by atoms with Gasteiger partial charge in [-0.2, -0.15) is 18.2 Å². The lowest BCUT2D eigenvalue weighted by Crippen LogP contribution is -2.55. The molecular weight excluding hydrogens is 549 g/mol. The van der Waals surface area contributed by atoms with E-state index < -0.39 is 40.2 Å². The first-order valence-electron chi connectivity index (χ1n) is 12.0. The van der Waals surface area contributed by atoms with Crippen LogP contribution in [-0.2, 0) is 20.4 Å². The zero-order chi connectivity index (χ0) is 28.0.